The van der Waals surface area contributed by atoms with E-state index in [1.165, 1.54) is 64.7 Å². The summed E-state index contributed by atoms with van der Waals surface area (Å²) >= 11 is 0. The van der Waals surface area contributed by atoms with E-state index in [9.17, 15) is 0 Å². The predicted octanol–water partition coefficient (Wildman–Crippen LogP) is 2.89. The average Bonchev–Trinajstić information content (AvgIpc) is 2.79. The predicted molar refractivity (Wildman–Crippen MR) is 74.3 cm³/mol. The van der Waals surface area contributed by atoms with Crippen LogP contribution in [-0.4, -0.2) is 37.1 Å². The molecule has 1 N–H and O–H groups in total. The Morgan fingerprint density at radius 1 is 1.12 bits per heavy atom. The van der Waals surface area contributed by atoms with Crippen molar-refractivity contribution >= 4 is 0 Å². The summed E-state index contributed by atoms with van der Waals surface area (Å²) in [4.78, 5) is 2.65. The van der Waals surface area contributed by atoms with E-state index in [4.69, 9.17) is 0 Å². The normalized spacial score (nSPS) is 28.1. The second-order valence-corrected chi connectivity index (χ2v) is 6.55. The molecule has 0 aromatic carbocycles. The Kier molecular flexibility index (Phi) is 5.30. The van der Waals surface area contributed by atoms with Crippen molar-refractivity contribution in [2.24, 2.45) is 11.8 Å². The zero-order valence-electron chi connectivity index (χ0n) is 11.8. The summed E-state index contributed by atoms with van der Waals surface area (Å²) in [5.74, 6) is 1.79. The van der Waals surface area contributed by atoms with Gasteiger partial charge >= 0.3 is 0 Å². The Labute approximate surface area is 107 Å². The molecule has 0 radical (unpaired) electrons. The first-order valence-electron chi connectivity index (χ1n) is 7.70. The summed E-state index contributed by atoms with van der Waals surface area (Å²) in [6.07, 6.45) is 8.65. The largest absolute Gasteiger partial charge is 0.312 e. The molecule has 1 aliphatic heterocycles. The summed E-state index contributed by atoms with van der Waals surface area (Å²) in [5.41, 5.74) is 0. The van der Waals surface area contributed by atoms with Gasteiger partial charge in [0.15, 0.2) is 0 Å². The van der Waals surface area contributed by atoms with Gasteiger partial charge in [0.25, 0.3) is 0 Å². The third-order valence-corrected chi connectivity index (χ3v) is 4.30. The fourth-order valence-corrected chi connectivity index (χ4v) is 3.45. The molecule has 0 amide bonds. The Bertz CT molecular complexity index is 209. The summed E-state index contributed by atoms with van der Waals surface area (Å²) in [7, 11) is 0. The minimum atomic E-state index is 0.767. The number of hydrogen-bond donors (Lipinski definition) is 1. The van der Waals surface area contributed by atoms with E-state index in [2.05, 4.69) is 24.1 Å². The van der Waals surface area contributed by atoms with E-state index in [0.29, 0.717) is 0 Å². The topological polar surface area (TPSA) is 15.3 Å². The van der Waals surface area contributed by atoms with E-state index in [0.717, 1.165) is 17.9 Å². The number of hydrogen-bond acceptors (Lipinski definition) is 2. The van der Waals surface area contributed by atoms with Crippen LogP contribution in [0.5, 0.6) is 0 Å². The molecule has 2 nitrogen and oxygen atoms in total. The van der Waals surface area contributed by atoms with Crippen molar-refractivity contribution in [3.05, 3.63) is 0 Å². The number of nitrogens with zero attached hydrogens (tertiary/aromatic N) is 1. The third kappa shape index (κ3) is 4.59. The number of rotatable bonds is 5. The van der Waals surface area contributed by atoms with Crippen LogP contribution in [0.1, 0.15) is 52.4 Å². The lowest BCUT2D eigenvalue weighted by Crippen LogP contribution is -2.47. The molecule has 2 fully saturated rings. The molecule has 1 saturated carbocycles. The molecular weight excluding hydrogens is 208 g/mol. The maximum absolute atomic E-state index is 3.83. The molecule has 0 aromatic rings. The minimum Gasteiger partial charge on any atom is -0.312 e. The molecule has 17 heavy (non-hydrogen) atoms. The zero-order chi connectivity index (χ0) is 12.1. The van der Waals surface area contributed by atoms with Crippen LogP contribution in [-0.2, 0) is 0 Å². The molecule has 2 rings (SSSR count). The van der Waals surface area contributed by atoms with Gasteiger partial charge < -0.3 is 10.2 Å². The van der Waals surface area contributed by atoms with Gasteiger partial charge in [-0.25, -0.2) is 0 Å². The van der Waals surface area contributed by atoms with Crippen molar-refractivity contribution in [2.75, 3.05) is 26.2 Å². The molecule has 1 heterocycles. The maximum Gasteiger partial charge on any atom is 0.0195 e. The summed E-state index contributed by atoms with van der Waals surface area (Å²) in [6, 6.07) is 0.767. The van der Waals surface area contributed by atoms with Gasteiger partial charge in [0.2, 0.25) is 0 Å². The minimum absolute atomic E-state index is 0.767. The molecule has 1 aliphatic carbocycles. The molecule has 1 saturated heterocycles. The fourth-order valence-electron chi connectivity index (χ4n) is 3.45. The first-order chi connectivity index (χ1) is 8.24. The van der Waals surface area contributed by atoms with Gasteiger partial charge in [-0.1, -0.05) is 26.7 Å². The third-order valence-electron chi connectivity index (χ3n) is 4.30. The first kappa shape index (κ1) is 13.4. The van der Waals surface area contributed by atoms with Crippen LogP contribution in [0.4, 0.5) is 0 Å². The summed E-state index contributed by atoms with van der Waals surface area (Å²) in [5, 5.41) is 3.83. The van der Waals surface area contributed by atoms with Gasteiger partial charge in [0.05, 0.1) is 0 Å². The van der Waals surface area contributed by atoms with E-state index >= 15 is 0 Å². The Balaban J connectivity index is 1.65. The SMILES string of the molecule is CC(C)CN1CCCC(NCC2CCCC2)C1. The van der Waals surface area contributed by atoms with Crippen LogP contribution >= 0.6 is 0 Å². The van der Waals surface area contributed by atoms with Crippen LogP contribution in [0.25, 0.3) is 0 Å². The fraction of sp³-hybridized carbons (Fsp3) is 1.00. The van der Waals surface area contributed by atoms with Gasteiger partial charge in [-0.2, -0.15) is 0 Å². The molecule has 1 unspecified atom stereocenters. The highest BCUT2D eigenvalue weighted by Gasteiger charge is 2.21. The zero-order valence-corrected chi connectivity index (χ0v) is 11.8. The van der Waals surface area contributed by atoms with E-state index in [1.54, 1.807) is 0 Å². The van der Waals surface area contributed by atoms with Crippen molar-refractivity contribution in [3.8, 4) is 0 Å². The Morgan fingerprint density at radius 3 is 2.59 bits per heavy atom. The van der Waals surface area contributed by atoms with Crippen LogP contribution in [0.3, 0.4) is 0 Å². The highest BCUT2D eigenvalue weighted by molar-refractivity contribution is 4.80. The lowest BCUT2D eigenvalue weighted by molar-refractivity contribution is 0.170. The second kappa shape index (κ2) is 6.75. The molecule has 0 bridgehead atoms. The van der Waals surface area contributed by atoms with Crippen molar-refractivity contribution in [1.29, 1.82) is 0 Å². The molecule has 2 aliphatic rings. The van der Waals surface area contributed by atoms with Crippen LogP contribution in [0.2, 0.25) is 0 Å². The van der Waals surface area contributed by atoms with Gasteiger partial charge in [-0.15, -0.1) is 0 Å². The van der Waals surface area contributed by atoms with Crippen molar-refractivity contribution in [3.63, 3.8) is 0 Å². The Morgan fingerprint density at radius 2 is 1.88 bits per heavy atom. The molecule has 1 atom stereocenters. The van der Waals surface area contributed by atoms with Gasteiger partial charge in [-0.05, 0) is 50.6 Å². The molecule has 0 aromatic heterocycles. The van der Waals surface area contributed by atoms with Crippen molar-refractivity contribution in [1.82, 2.24) is 10.2 Å². The molecular formula is C15H30N2. The van der Waals surface area contributed by atoms with Crippen molar-refractivity contribution < 1.29 is 0 Å². The Hall–Kier alpha value is -0.0800. The van der Waals surface area contributed by atoms with Gasteiger partial charge in [0.1, 0.15) is 0 Å². The monoisotopic (exact) mass is 238 g/mol. The van der Waals surface area contributed by atoms with Crippen LogP contribution in [0.15, 0.2) is 0 Å². The smallest absolute Gasteiger partial charge is 0.0195 e. The standard InChI is InChI=1S/C15H30N2/c1-13(2)11-17-9-5-8-15(12-17)16-10-14-6-3-4-7-14/h13-16H,3-12H2,1-2H3. The second-order valence-electron chi connectivity index (χ2n) is 6.55. The number of likely N-dealkylation sites (tertiary alicyclic amines) is 1. The number of piperidine rings is 1. The number of nitrogens with one attached hydrogen (secondary N) is 1. The highest BCUT2D eigenvalue weighted by Crippen LogP contribution is 2.24. The molecule has 100 valence electrons. The highest BCUT2D eigenvalue weighted by atomic mass is 15.2. The summed E-state index contributed by atoms with van der Waals surface area (Å²) < 4.78 is 0. The van der Waals surface area contributed by atoms with E-state index < -0.39 is 0 Å². The first-order valence-corrected chi connectivity index (χ1v) is 7.70. The van der Waals surface area contributed by atoms with Gasteiger partial charge in [0, 0.05) is 19.1 Å². The van der Waals surface area contributed by atoms with Crippen LogP contribution in [0, 0.1) is 11.8 Å². The van der Waals surface area contributed by atoms with E-state index in [1.807, 2.05) is 0 Å². The lowest BCUT2D eigenvalue weighted by Gasteiger charge is -2.34. The molecule has 0 spiro atoms. The quantitative estimate of drug-likeness (QED) is 0.792. The summed E-state index contributed by atoms with van der Waals surface area (Å²) in [6.45, 7) is 9.82. The van der Waals surface area contributed by atoms with Gasteiger partial charge in [-0.3, -0.25) is 0 Å². The average molecular weight is 238 g/mol. The van der Waals surface area contributed by atoms with Crippen molar-refractivity contribution in [2.45, 2.75) is 58.4 Å². The van der Waals surface area contributed by atoms with E-state index in [-0.39, 0.29) is 0 Å². The lowest BCUT2D eigenvalue weighted by atomic mass is 10.0. The maximum atomic E-state index is 3.83. The molecule has 2 heteroatoms. The van der Waals surface area contributed by atoms with Crippen LogP contribution < -0.4 is 5.32 Å².